The van der Waals surface area contributed by atoms with Crippen molar-refractivity contribution >= 4 is 34.9 Å². The zero-order valence-corrected chi connectivity index (χ0v) is 26.6. The van der Waals surface area contributed by atoms with Gasteiger partial charge < -0.3 is 19.4 Å². The molecule has 10 nitrogen and oxygen atoms in total. The molecule has 2 saturated heterocycles. The zero-order valence-electron chi connectivity index (χ0n) is 26.6. The molecule has 0 unspecified atom stereocenters. The third-order valence-corrected chi connectivity index (χ3v) is 9.20. The molecule has 246 valence electrons. The summed E-state index contributed by atoms with van der Waals surface area (Å²) in [5.74, 6) is -1.27. The number of likely N-dealkylation sites (N-methyl/N-ethyl adjacent to an activating group) is 1. The number of amides is 3. The van der Waals surface area contributed by atoms with Crippen LogP contribution in [0.25, 0.3) is 0 Å². The van der Waals surface area contributed by atoms with E-state index in [1.165, 1.54) is 17.9 Å². The molecule has 1 aromatic carbocycles. The number of nitrogens with zero attached hydrogens (tertiary/aromatic N) is 6. The van der Waals surface area contributed by atoms with Crippen molar-refractivity contribution < 1.29 is 32.3 Å². The third-order valence-electron chi connectivity index (χ3n) is 9.20. The molecular weight excluding hydrogens is 613 g/mol. The van der Waals surface area contributed by atoms with E-state index in [0.29, 0.717) is 32.0 Å². The van der Waals surface area contributed by atoms with Crippen molar-refractivity contribution in [2.24, 2.45) is 0 Å². The molecule has 3 aliphatic rings. The number of para-hydroxylation sites is 1. The van der Waals surface area contributed by atoms with Crippen molar-refractivity contribution in [3.8, 4) is 0 Å². The van der Waals surface area contributed by atoms with E-state index in [2.05, 4.69) is 17.6 Å². The number of aromatic nitrogens is 2. The fourth-order valence-electron chi connectivity index (χ4n) is 6.85. The number of pyridine rings is 2. The quantitative estimate of drug-likeness (QED) is 0.344. The van der Waals surface area contributed by atoms with Gasteiger partial charge in [0.1, 0.15) is 17.4 Å². The van der Waals surface area contributed by atoms with Crippen LogP contribution >= 0.6 is 0 Å². The van der Waals surface area contributed by atoms with Crippen LogP contribution in [0.5, 0.6) is 0 Å². The molecule has 2 fully saturated rings. The number of hydrogen-bond acceptors (Lipinski definition) is 7. The monoisotopic (exact) mass is 648 g/mol. The largest absolute Gasteiger partial charge is 0.416 e. The summed E-state index contributed by atoms with van der Waals surface area (Å²) in [5, 5.41) is 0. The Labute approximate surface area is 270 Å². The van der Waals surface area contributed by atoms with Crippen LogP contribution in [0.3, 0.4) is 0 Å². The Morgan fingerprint density at radius 2 is 1.91 bits per heavy atom. The van der Waals surface area contributed by atoms with Gasteiger partial charge in [-0.15, -0.1) is 0 Å². The molecule has 3 aliphatic heterocycles. The van der Waals surface area contributed by atoms with E-state index in [1.54, 1.807) is 24.2 Å². The van der Waals surface area contributed by atoms with Crippen molar-refractivity contribution in [2.75, 3.05) is 42.0 Å². The summed E-state index contributed by atoms with van der Waals surface area (Å²) < 4.78 is 46.3. The third kappa shape index (κ3) is 5.52. The lowest BCUT2D eigenvalue weighted by molar-refractivity contribution is -0.163. The molecule has 3 amide bonds. The van der Waals surface area contributed by atoms with Gasteiger partial charge in [0.2, 0.25) is 17.7 Å². The standard InChI is InChI=1S/C34H35F3N6O4/c1-6-29(44)42-17-25-24(33(42)18-47-19-33)13-22(15-38-25)16-40(4)31-20(2)8-7-9-26(31)41(5)32(46)27-10-11-30(45)43(27)28-14-23(34(35,36)37)12-21(3)39-28/h6-9,12-15,27H,1,10-11,16-19H2,2-5H3/t27-/m0/s1. The molecule has 0 bridgehead atoms. The maximum Gasteiger partial charge on any atom is 0.416 e. The predicted octanol–water partition coefficient (Wildman–Crippen LogP) is 4.66. The van der Waals surface area contributed by atoms with Gasteiger partial charge in [0.05, 0.1) is 42.4 Å². The lowest BCUT2D eigenvalue weighted by Gasteiger charge is -2.45. The van der Waals surface area contributed by atoms with Crippen LogP contribution in [0.2, 0.25) is 0 Å². The minimum absolute atomic E-state index is 0.00941. The Morgan fingerprint density at radius 3 is 2.57 bits per heavy atom. The van der Waals surface area contributed by atoms with Gasteiger partial charge in [0.25, 0.3) is 0 Å². The predicted molar refractivity (Wildman–Crippen MR) is 169 cm³/mol. The fourth-order valence-corrected chi connectivity index (χ4v) is 6.85. The van der Waals surface area contributed by atoms with Crippen LogP contribution in [0.4, 0.5) is 30.4 Å². The van der Waals surface area contributed by atoms with E-state index in [0.717, 1.165) is 45.1 Å². The Kier molecular flexibility index (Phi) is 8.07. The Morgan fingerprint density at radius 1 is 1.17 bits per heavy atom. The number of carbonyl (C=O) groups is 3. The van der Waals surface area contributed by atoms with E-state index < -0.39 is 35.1 Å². The highest BCUT2D eigenvalue weighted by molar-refractivity contribution is 6.09. The number of halogens is 3. The lowest BCUT2D eigenvalue weighted by Crippen LogP contribution is -2.57. The molecule has 1 atom stereocenters. The summed E-state index contributed by atoms with van der Waals surface area (Å²) in [4.78, 5) is 54.8. The van der Waals surface area contributed by atoms with Crippen LogP contribution in [-0.2, 0) is 43.9 Å². The number of hydrogen-bond donors (Lipinski definition) is 0. The summed E-state index contributed by atoms with van der Waals surface area (Å²) in [7, 11) is 3.50. The maximum absolute atomic E-state index is 14.0. The van der Waals surface area contributed by atoms with Crippen molar-refractivity contribution in [1.82, 2.24) is 14.9 Å². The first-order chi connectivity index (χ1) is 22.2. The molecule has 2 aromatic heterocycles. The molecule has 0 N–H and O–H groups in total. The van der Waals surface area contributed by atoms with E-state index in [-0.39, 0.29) is 30.3 Å². The summed E-state index contributed by atoms with van der Waals surface area (Å²) in [6.07, 6.45) is -1.39. The van der Waals surface area contributed by atoms with Crippen LogP contribution in [0.15, 0.2) is 55.3 Å². The van der Waals surface area contributed by atoms with Crippen molar-refractivity contribution in [3.63, 3.8) is 0 Å². The first-order valence-corrected chi connectivity index (χ1v) is 15.2. The number of rotatable bonds is 7. The molecule has 47 heavy (non-hydrogen) atoms. The minimum Gasteiger partial charge on any atom is -0.376 e. The minimum atomic E-state index is -4.63. The maximum atomic E-state index is 14.0. The van der Waals surface area contributed by atoms with Gasteiger partial charge >= 0.3 is 6.18 Å². The second-order valence-corrected chi connectivity index (χ2v) is 12.4. The van der Waals surface area contributed by atoms with Gasteiger partial charge in [-0.3, -0.25) is 24.3 Å². The van der Waals surface area contributed by atoms with Gasteiger partial charge in [-0.2, -0.15) is 13.2 Å². The summed E-state index contributed by atoms with van der Waals surface area (Å²) in [6, 6.07) is 8.30. The number of benzene rings is 1. The van der Waals surface area contributed by atoms with Gasteiger partial charge in [0, 0.05) is 44.5 Å². The SMILES string of the molecule is C=CC(=O)N1Cc2ncc(CN(C)c3c(C)cccc3N(C)C(=O)[C@@H]3CCC(=O)N3c3cc(C(F)(F)F)cc(C)n3)cc2C12COC2. The topological polar surface area (TPSA) is 99.2 Å². The molecule has 0 aliphatic carbocycles. The molecular formula is C34H35F3N6O4. The van der Waals surface area contributed by atoms with Gasteiger partial charge in [-0.1, -0.05) is 18.7 Å². The first kappa shape index (κ1) is 32.2. The van der Waals surface area contributed by atoms with E-state index in [4.69, 9.17) is 9.72 Å². The number of carbonyl (C=O) groups excluding carboxylic acids is 3. The molecule has 6 rings (SSSR count). The van der Waals surface area contributed by atoms with Crippen LogP contribution < -0.4 is 14.7 Å². The second-order valence-electron chi connectivity index (χ2n) is 12.4. The number of anilines is 3. The second kappa shape index (κ2) is 11.8. The van der Waals surface area contributed by atoms with Crippen molar-refractivity contribution in [1.29, 1.82) is 0 Å². The van der Waals surface area contributed by atoms with Gasteiger partial charge in [0.15, 0.2) is 0 Å². The molecule has 1 spiro atoms. The van der Waals surface area contributed by atoms with Crippen molar-refractivity contribution in [3.05, 3.63) is 88.9 Å². The molecule has 0 radical (unpaired) electrons. The number of aryl methyl sites for hydroxylation is 2. The highest BCUT2D eigenvalue weighted by Crippen LogP contribution is 2.44. The summed E-state index contributed by atoms with van der Waals surface area (Å²) in [5.41, 5.74) is 3.48. The normalized spacial score (nSPS) is 18.3. The van der Waals surface area contributed by atoms with Gasteiger partial charge in [-0.25, -0.2) is 4.98 Å². The Bertz CT molecular complexity index is 1790. The van der Waals surface area contributed by atoms with E-state index in [1.807, 2.05) is 31.0 Å². The average molecular weight is 649 g/mol. The van der Waals surface area contributed by atoms with E-state index >= 15 is 0 Å². The van der Waals surface area contributed by atoms with Crippen LogP contribution in [0.1, 0.15) is 46.5 Å². The molecule has 13 heteroatoms. The smallest absolute Gasteiger partial charge is 0.376 e. The number of fused-ring (bicyclic) bond motifs is 2. The lowest BCUT2D eigenvalue weighted by atomic mass is 9.88. The molecule has 3 aromatic rings. The Balaban J connectivity index is 1.27. The van der Waals surface area contributed by atoms with Crippen LogP contribution in [0, 0.1) is 13.8 Å². The first-order valence-electron chi connectivity index (χ1n) is 15.2. The summed E-state index contributed by atoms with van der Waals surface area (Å²) in [6.45, 7) is 8.55. The fraction of sp³-hybridized carbons (Fsp3) is 0.382. The highest BCUT2D eigenvalue weighted by atomic mass is 19.4. The van der Waals surface area contributed by atoms with Crippen LogP contribution in [-0.4, -0.2) is 65.9 Å². The highest BCUT2D eigenvalue weighted by Gasteiger charge is 2.53. The van der Waals surface area contributed by atoms with Gasteiger partial charge in [-0.05, 0) is 61.7 Å². The Hall–Kier alpha value is -4.78. The summed E-state index contributed by atoms with van der Waals surface area (Å²) >= 11 is 0. The zero-order chi connectivity index (χ0) is 33.8. The average Bonchev–Trinajstić information content (AvgIpc) is 3.57. The molecule has 0 saturated carbocycles. The van der Waals surface area contributed by atoms with E-state index in [9.17, 15) is 27.6 Å². The number of ether oxygens (including phenoxy) is 1. The number of alkyl halides is 3. The molecule has 5 heterocycles. The van der Waals surface area contributed by atoms with Crippen molar-refractivity contribution in [2.45, 2.75) is 57.5 Å².